The number of hydrogen-bond acceptors (Lipinski definition) is 0. The van der Waals surface area contributed by atoms with Crippen LogP contribution in [0.25, 0.3) is 0 Å². The fraction of sp³-hybridized carbons (Fsp3) is 0. The molecule has 0 aromatic rings. The molecule has 0 aliphatic rings. The molecule has 0 atom stereocenters. The van der Waals surface area contributed by atoms with E-state index in [1.165, 1.54) is 0 Å². The van der Waals surface area contributed by atoms with Crippen LogP contribution in [0, 0.1) is 0 Å². The fourth-order valence-electron chi connectivity index (χ4n) is 0. The zero-order chi connectivity index (χ0) is 0. The van der Waals surface area contributed by atoms with E-state index in [1.54, 1.807) is 0 Å². The van der Waals surface area contributed by atoms with Gasteiger partial charge in [0.2, 0.25) is 0 Å². The summed E-state index contributed by atoms with van der Waals surface area (Å²) in [6, 6.07) is 0. The molecule has 0 heterocycles. The zero-order valence-corrected chi connectivity index (χ0v) is 10.2. The van der Waals surface area contributed by atoms with Gasteiger partial charge >= 0.3 is 65.9 Å². The Hall–Kier alpha value is 3.15. The van der Waals surface area contributed by atoms with Crippen LogP contribution < -0.4 is 0 Å². The maximum atomic E-state index is 0. The Kier molecular flexibility index (Phi) is 112. The summed E-state index contributed by atoms with van der Waals surface area (Å²) in [6.45, 7) is 0. The summed E-state index contributed by atoms with van der Waals surface area (Å²) in [6.07, 6.45) is 0. The van der Waals surface area contributed by atoms with Crippen molar-refractivity contribution in [3.8, 4) is 0 Å². The molecule has 0 aliphatic carbocycles. The Morgan fingerprint density at radius 2 is 1.25 bits per heavy atom. The van der Waals surface area contributed by atoms with E-state index in [0.717, 1.165) is 0 Å². The molecular formula is H2BaCuOY. The maximum Gasteiger partial charge on any atom is 2.00 e. The SMILES string of the molecule is [Ba+2].[Cu+2].[H-].[H-].[O-2].[Y]. The van der Waals surface area contributed by atoms with Gasteiger partial charge < -0.3 is 8.33 Å². The minimum atomic E-state index is 0. The third-order valence-corrected chi connectivity index (χ3v) is 0. The van der Waals surface area contributed by atoms with Crippen LogP contribution in [0.2, 0.25) is 0 Å². The van der Waals surface area contributed by atoms with Crippen LogP contribution in [-0.2, 0) is 55.3 Å². The van der Waals surface area contributed by atoms with Gasteiger partial charge in [0.1, 0.15) is 0 Å². The number of hydrogen-bond donors (Lipinski definition) is 0. The van der Waals surface area contributed by atoms with E-state index in [9.17, 15) is 0 Å². The zero-order valence-electron chi connectivity index (χ0n) is 3.99. The normalized spacial score (nSPS) is 0. The topological polar surface area (TPSA) is 28.5 Å². The van der Waals surface area contributed by atoms with Crippen molar-refractivity contribution in [3.05, 3.63) is 0 Å². The molecule has 0 aliphatic heterocycles. The Balaban J connectivity index is 0. The van der Waals surface area contributed by atoms with E-state index in [-0.39, 0.29) is 107 Å². The first kappa shape index (κ1) is 27.2. The van der Waals surface area contributed by atoms with Crippen molar-refractivity contribution in [2.75, 3.05) is 0 Å². The Bertz CT molecular complexity index is 13.5. The average Bonchev–Trinajstić information content (AvgIpc) is 0. The standard InChI is InChI=1S/Ba.Cu.O.Y.2H/q2*+2;-2;;2*-1. The van der Waals surface area contributed by atoms with Gasteiger partial charge in [-0.05, 0) is 0 Å². The molecule has 0 fully saturated rings. The quantitative estimate of drug-likeness (QED) is 0.551. The van der Waals surface area contributed by atoms with Gasteiger partial charge in [-0.2, -0.15) is 0 Å². The van der Waals surface area contributed by atoms with E-state index in [1.807, 2.05) is 0 Å². The van der Waals surface area contributed by atoms with Gasteiger partial charge in [-0.15, -0.1) is 0 Å². The smallest absolute Gasteiger partial charge is 2.00 e. The van der Waals surface area contributed by atoms with Gasteiger partial charge in [0.25, 0.3) is 0 Å². The third kappa shape index (κ3) is 8.94. The van der Waals surface area contributed by atoms with E-state index < -0.39 is 0 Å². The Morgan fingerprint density at radius 3 is 1.25 bits per heavy atom. The second kappa shape index (κ2) is 16.4. The summed E-state index contributed by atoms with van der Waals surface area (Å²) in [5.74, 6) is 0. The summed E-state index contributed by atoms with van der Waals surface area (Å²) in [5.41, 5.74) is 0. The summed E-state index contributed by atoms with van der Waals surface area (Å²) < 4.78 is 0. The Labute approximate surface area is 104 Å². The first-order valence-electron chi connectivity index (χ1n) is 0. The summed E-state index contributed by atoms with van der Waals surface area (Å²) in [5, 5.41) is 0. The van der Waals surface area contributed by atoms with Crippen LogP contribution in [0.3, 0.4) is 0 Å². The first-order valence-corrected chi connectivity index (χ1v) is 0. The molecule has 1 nitrogen and oxygen atoms in total. The van der Waals surface area contributed by atoms with Crippen molar-refractivity contribution in [2.24, 2.45) is 0 Å². The molecule has 4 heavy (non-hydrogen) atoms. The molecule has 0 aromatic heterocycles. The molecule has 4 heteroatoms. The summed E-state index contributed by atoms with van der Waals surface area (Å²) in [4.78, 5) is 0. The van der Waals surface area contributed by atoms with Crippen molar-refractivity contribution in [1.29, 1.82) is 0 Å². The molecule has 2 radical (unpaired) electrons. The Morgan fingerprint density at radius 1 is 1.25 bits per heavy atom. The molecule has 0 saturated heterocycles. The largest absolute Gasteiger partial charge is 2.00 e. The van der Waals surface area contributed by atoms with E-state index in [2.05, 4.69) is 0 Å². The van der Waals surface area contributed by atoms with Gasteiger partial charge in [0, 0.05) is 32.7 Å². The predicted molar refractivity (Wildman–Crippen MR) is 8.66 cm³/mol. The molecule has 0 bridgehead atoms. The summed E-state index contributed by atoms with van der Waals surface area (Å²) in [7, 11) is 0. The van der Waals surface area contributed by atoms with Gasteiger partial charge in [-0.1, -0.05) is 0 Å². The first-order chi connectivity index (χ1) is 0. The second-order valence-corrected chi connectivity index (χ2v) is 0. The monoisotopic (exact) mass is 308 g/mol. The van der Waals surface area contributed by atoms with E-state index in [0.29, 0.717) is 0 Å². The van der Waals surface area contributed by atoms with Crippen molar-refractivity contribution in [2.45, 2.75) is 0 Å². The average molecular weight is 308 g/mol. The predicted octanol–water partition coefficient (Wildman–Crippen LogP) is -0.280. The van der Waals surface area contributed by atoms with Crippen molar-refractivity contribution in [1.82, 2.24) is 0 Å². The van der Waals surface area contributed by atoms with Crippen LogP contribution in [0.1, 0.15) is 2.85 Å². The van der Waals surface area contributed by atoms with Crippen LogP contribution in [0.4, 0.5) is 0 Å². The number of rotatable bonds is 0. The maximum absolute atomic E-state index is 0. The fourth-order valence-corrected chi connectivity index (χ4v) is 0. The van der Waals surface area contributed by atoms with Gasteiger partial charge in [0.05, 0.1) is 0 Å². The third-order valence-electron chi connectivity index (χ3n) is 0. The van der Waals surface area contributed by atoms with Crippen LogP contribution in [0.15, 0.2) is 0 Å². The molecule has 0 aromatic carbocycles. The van der Waals surface area contributed by atoms with Crippen molar-refractivity contribution >= 4 is 48.9 Å². The molecule has 0 spiro atoms. The van der Waals surface area contributed by atoms with Crippen LogP contribution in [-0.4, -0.2) is 48.9 Å². The van der Waals surface area contributed by atoms with E-state index in [4.69, 9.17) is 0 Å². The molecule has 0 amide bonds. The molecular weight excluding hydrogens is 306 g/mol. The van der Waals surface area contributed by atoms with Gasteiger partial charge in [-0.3, -0.25) is 0 Å². The molecule has 24 valence electrons. The molecule has 0 N–H and O–H groups in total. The minimum absolute atomic E-state index is 0. The minimum Gasteiger partial charge on any atom is -2.00 e. The molecule has 0 rings (SSSR count). The van der Waals surface area contributed by atoms with Crippen LogP contribution >= 0.6 is 0 Å². The van der Waals surface area contributed by atoms with Crippen LogP contribution in [0.5, 0.6) is 0 Å². The summed E-state index contributed by atoms with van der Waals surface area (Å²) >= 11 is 0. The van der Waals surface area contributed by atoms with Gasteiger partial charge in [0.15, 0.2) is 0 Å². The van der Waals surface area contributed by atoms with Gasteiger partial charge in [-0.25, -0.2) is 0 Å². The molecule has 0 saturated carbocycles. The van der Waals surface area contributed by atoms with Crippen molar-refractivity contribution in [3.63, 3.8) is 0 Å². The second-order valence-electron chi connectivity index (χ2n) is 0. The van der Waals surface area contributed by atoms with E-state index >= 15 is 0 Å². The molecule has 0 unspecified atom stereocenters. The van der Waals surface area contributed by atoms with Crippen molar-refractivity contribution < 1.29 is 58.1 Å².